The van der Waals surface area contributed by atoms with Gasteiger partial charge in [-0.25, -0.2) is 0 Å². The quantitative estimate of drug-likeness (QED) is 0.161. The first-order chi connectivity index (χ1) is 42.6. The predicted octanol–water partition coefficient (Wildman–Crippen LogP) is 33.9. The fraction of sp³-hybridized carbons (Fsp3) is 1.00. The lowest BCUT2D eigenvalue weighted by atomic mass is 9.91. The summed E-state index contributed by atoms with van der Waals surface area (Å²) in [7, 11) is 0. The van der Waals surface area contributed by atoms with Gasteiger partial charge in [-0.15, -0.1) is 0 Å². The molecule has 9 heteroatoms. The van der Waals surface area contributed by atoms with E-state index in [4.69, 9.17) is 12.3 Å². The standard InChI is InChI=1S/C7H14.2C6H11F3.C6H12.2C6H14.C5H9F3.3C5H12.4C4H10.C3H8.C2H6/c1-7-5-3-2-4-6-7;2*1-3-5(2)4-6(7,8)9;1-6-4-2-3-5-6;1-5-6(2,3)4;1-4-5-6(2)3;1-3-4(2)5(6,7)8;2*1-4-5(2)3;1-3-5-4-2;2*1-4(2)3;2*1-3-4-2;1-3-2;1-2/h7H,2-6H2,1H3;2*5H,3-4H2,1-2H3;6H,2-5H2,1H3;5H2,1-4H3;6H,4-5H2,1-3H3;4H,3H2,1-2H3;2*5H,4H2,1-3H3;3-5H2,1-2H3;2*4H,1-3H3;2*3-4H2,1-2H3;3H2,1-2H3;1-2H3/t;2*5-;;;;;;;;;;;;;/m.00............./s1/i7D;;;6D;5D2;;;4D2;;;4D;;3D2;;;. The SMILES string of the molecule is CC.CC(C)C.CCC.CCC(C)C.CCC(C)C(F)(F)F.CCCC.CCCC(C)C.CCCCC.CC[C@H](C)CC(F)(F)F.CC[C@H](C)CC(F)(F)F.[2H]C(C)(C)C.[2H]C([2H])(C)C(C)(C)C.[2H]C([2H])(C)C(C)C.[2H]C([2H])(C)CC.[2H]C1(C)CCCC1.[2H]C1(C)CCCCC1. The van der Waals surface area contributed by atoms with Gasteiger partial charge in [0, 0.05) is 25.2 Å². The maximum absolute atomic E-state index is 11.5. The van der Waals surface area contributed by atoms with Gasteiger partial charge in [0.15, 0.2) is 0 Å². The van der Waals surface area contributed by atoms with Crippen LogP contribution in [-0.2, 0) is 0 Å². The third-order valence-corrected chi connectivity index (χ3v) is 11.5. The van der Waals surface area contributed by atoms with Crippen LogP contribution in [0.25, 0.3) is 0 Å². The van der Waals surface area contributed by atoms with Crippen molar-refractivity contribution in [3.63, 3.8) is 0 Å². The first-order valence-electron chi connectivity index (χ1n) is 39.8. The average molecular weight is 1290 g/mol. The van der Waals surface area contributed by atoms with Gasteiger partial charge in [0.25, 0.3) is 0 Å². The molecule has 2 rings (SSSR count). The highest BCUT2D eigenvalue weighted by molar-refractivity contribution is 4.62. The van der Waals surface area contributed by atoms with Gasteiger partial charge in [0.1, 0.15) is 0 Å². The predicted molar refractivity (Wildman–Crippen MR) is 390 cm³/mol. The Kier molecular flexibility index (Phi) is 103. The first kappa shape index (κ1) is 95.1. The first-order valence-corrected chi connectivity index (χ1v) is 35.3. The monoisotopic (exact) mass is 1290 g/mol. The molecule has 0 nitrogen and oxygen atoms in total. The number of rotatable bonds is 13. The molecular weight excluding hydrogens is 1110 g/mol. The molecule has 0 heterocycles. The summed E-state index contributed by atoms with van der Waals surface area (Å²) in [5.41, 5.74) is -0.229. The second-order valence-corrected chi connectivity index (χ2v) is 26.1. The maximum atomic E-state index is 11.5. The van der Waals surface area contributed by atoms with Crippen LogP contribution in [0, 0.1) is 64.5 Å². The van der Waals surface area contributed by atoms with Crippen LogP contribution in [0.3, 0.4) is 0 Å². The summed E-state index contributed by atoms with van der Waals surface area (Å²) < 4.78 is 168. The molecule has 2 aliphatic carbocycles. The Labute approximate surface area is 562 Å². The van der Waals surface area contributed by atoms with Crippen molar-refractivity contribution in [1.29, 1.82) is 0 Å². The molecule has 87 heavy (non-hydrogen) atoms. The molecular formula is C78H175F9. The molecule has 0 aromatic carbocycles. The number of hydrogen-bond donors (Lipinski definition) is 0. The third-order valence-electron chi connectivity index (χ3n) is 11.5. The molecule has 2 aliphatic rings. The van der Waals surface area contributed by atoms with Crippen molar-refractivity contribution in [2.45, 2.75) is 448 Å². The van der Waals surface area contributed by atoms with E-state index in [2.05, 4.69) is 104 Å². The van der Waals surface area contributed by atoms with E-state index in [1.54, 1.807) is 48.5 Å². The van der Waals surface area contributed by atoms with Crippen LogP contribution in [0.4, 0.5) is 39.5 Å². The van der Waals surface area contributed by atoms with E-state index in [0.29, 0.717) is 19.3 Å². The van der Waals surface area contributed by atoms with Gasteiger partial charge in [-0.05, 0) is 65.0 Å². The highest BCUT2D eigenvalue weighted by Gasteiger charge is 2.34. The number of alkyl halides is 9. The summed E-state index contributed by atoms with van der Waals surface area (Å²) in [6.45, 7) is 72.0. The second-order valence-electron chi connectivity index (χ2n) is 26.1. The van der Waals surface area contributed by atoms with E-state index >= 15 is 0 Å². The molecule has 0 aromatic rings. The van der Waals surface area contributed by atoms with Gasteiger partial charge in [0.05, 0.1) is 5.92 Å². The summed E-state index contributed by atoms with van der Waals surface area (Å²) in [6.07, 6.45) is 8.62. The maximum Gasteiger partial charge on any atom is 0.391 e. The fourth-order valence-electron chi connectivity index (χ4n) is 4.38. The van der Waals surface area contributed by atoms with E-state index in [1.807, 2.05) is 90.0 Å². The molecule has 0 spiro atoms. The number of unbranched alkanes of at least 4 members (excludes halogenated alkanes) is 3. The molecule has 3 atom stereocenters. The van der Waals surface area contributed by atoms with Crippen LogP contribution in [0.5, 0.6) is 0 Å². The molecule has 0 radical (unpaired) electrons. The van der Waals surface area contributed by atoms with Crippen LogP contribution in [0.1, 0.15) is 442 Å². The van der Waals surface area contributed by atoms with Crippen LogP contribution in [0.15, 0.2) is 0 Å². The zero-order chi connectivity index (χ0) is 81.0. The van der Waals surface area contributed by atoms with Crippen molar-refractivity contribution < 1.29 is 51.9 Å². The smallest absolute Gasteiger partial charge is 0.171 e. The molecule has 550 valence electrons. The lowest BCUT2D eigenvalue weighted by molar-refractivity contribution is -0.170. The normalized spacial score (nSPS) is 16.3. The summed E-state index contributed by atoms with van der Waals surface area (Å²) in [5.74, 6) is 0.758. The summed E-state index contributed by atoms with van der Waals surface area (Å²) >= 11 is 0. The summed E-state index contributed by atoms with van der Waals surface area (Å²) in [4.78, 5) is 0. The Morgan fingerprint density at radius 2 is 0.667 bits per heavy atom. The minimum atomic E-state index is -3.99. The Morgan fingerprint density at radius 1 is 0.425 bits per heavy atom. The van der Waals surface area contributed by atoms with E-state index in [1.165, 1.54) is 104 Å². The van der Waals surface area contributed by atoms with Crippen LogP contribution in [-0.4, -0.2) is 18.5 Å². The van der Waals surface area contributed by atoms with Crippen molar-refractivity contribution in [2.75, 3.05) is 0 Å². The second kappa shape index (κ2) is 94.1. The Morgan fingerprint density at radius 3 is 0.713 bits per heavy atom. The number of hydrogen-bond acceptors (Lipinski definition) is 0. The minimum Gasteiger partial charge on any atom is -0.171 e. The van der Waals surface area contributed by atoms with Crippen molar-refractivity contribution in [3.05, 3.63) is 0 Å². The highest BCUT2D eigenvalue weighted by atomic mass is 19.4. The van der Waals surface area contributed by atoms with E-state index < -0.39 is 56.4 Å². The molecule has 2 fully saturated rings. The lowest BCUT2D eigenvalue weighted by Gasteiger charge is -2.15. The Hall–Kier alpha value is -0.630. The van der Waals surface area contributed by atoms with Gasteiger partial charge >= 0.3 is 18.5 Å². The zero-order valence-corrected chi connectivity index (χ0v) is 66.4. The van der Waals surface area contributed by atoms with Gasteiger partial charge in [-0.2, -0.15) is 39.5 Å². The summed E-state index contributed by atoms with van der Waals surface area (Å²) in [5, 5.41) is 0. The van der Waals surface area contributed by atoms with Crippen LogP contribution < -0.4 is 0 Å². The lowest BCUT2D eigenvalue weighted by Crippen LogP contribution is -2.18. The molecule has 0 N–H and O–H groups in total. The molecule has 1 unspecified atom stereocenters. The molecule has 0 saturated heterocycles. The van der Waals surface area contributed by atoms with Crippen molar-refractivity contribution in [1.82, 2.24) is 0 Å². The molecule has 0 aromatic heterocycles. The van der Waals surface area contributed by atoms with Gasteiger partial charge < -0.3 is 0 Å². The highest BCUT2D eigenvalue weighted by Crippen LogP contribution is 2.28. The fourth-order valence-corrected chi connectivity index (χ4v) is 4.38. The Balaban J connectivity index is -0.0000000629. The van der Waals surface area contributed by atoms with Crippen LogP contribution in [0.2, 0.25) is 0 Å². The molecule has 0 aliphatic heterocycles. The largest absolute Gasteiger partial charge is 0.391 e. The van der Waals surface area contributed by atoms with Crippen LogP contribution >= 0.6 is 0 Å². The van der Waals surface area contributed by atoms with Crippen molar-refractivity contribution >= 4 is 0 Å². The third kappa shape index (κ3) is 234. The zero-order valence-electron chi connectivity index (χ0n) is 75.4. The van der Waals surface area contributed by atoms with E-state index in [-0.39, 0.29) is 47.3 Å². The van der Waals surface area contributed by atoms with Gasteiger partial charge in [-0.3, -0.25) is 0 Å². The van der Waals surface area contributed by atoms with Gasteiger partial charge in [0.2, 0.25) is 0 Å². The minimum absolute atomic E-state index is 0.0556. The molecule has 2 saturated carbocycles. The van der Waals surface area contributed by atoms with Crippen molar-refractivity contribution in [2.24, 2.45) is 64.5 Å². The van der Waals surface area contributed by atoms with Crippen molar-refractivity contribution in [3.8, 4) is 0 Å². The number of halogens is 9. The molecule has 0 bridgehead atoms. The average Bonchev–Trinajstić information content (AvgIpc) is 1.14. The van der Waals surface area contributed by atoms with E-state index in [0.717, 1.165) is 43.4 Å². The Bertz CT molecular complexity index is 1330. The summed E-state index contributed by atoms with van der Waals surface area (Å²) in [6, 6.07) is 0. The topological polar surface area (TPSA) is 0 Å². The van der Waals surface area contributed by atoms with Gasteiger partial charge in [-0.1, -0.05) is 410 Å². The molecule has 0 amide bonds. The van der Waals surface area contributed by atoms with E-state index in [9.17, 15) is 39.5 Å².